The number of halogens is 2. The van der Waals surface area contributed by atoms with Gasteiger partial charge in [0.05, 0.1) is 6.42 Å². The lowest BCUT2D eigenvalue weighted by molar-refractivity contribution is -0.139. The fraction of sp³-hybridized carbons (Fsp3) is 0.444. The number of carboxylic acids is 1. The van der Waals surface area contributed by atoms with Crippen LogP contribution >= 0.6 is 0 Å². The van der Waals surface area contributed by atoms with Gasteiger partial charge in [0, 0.05) is 6.42 Å². The Morgan fingerprint density at radius 1 is 1.57 bits per heavy atom. The van der Waals surface area contributed by atoms with Crippen molar-refractivity contribution in [3.05, 3.63) is 23.7 Å². The summed E-state index contributed by atoms with van der Waals surface area (Å²) in [5.41, 5.74) is 0. The van der Waals surface area contributed by atoms with Gasteiger partial charge in [0.2, 0.25) is 0 Å². The monoisotopic (exact) mass is 204 g/mol. The summed E-state index contributed by atoms with van der Waals surface area (Å²) in [5, 5.41) is 8.26. The first-order valence-electron chi connectivity index (χ1n) is 4.08. The average Bonchev–Trinajstić information content (AvgIpc) is 2.49. The Morgan fingerprint density at radius 2 is 2.21 bits per heavy atom. The zero-order valence-electron chi connectivity index (χ0n) is 7.59. The number of aliphatic carboxylic acids is 1. The van der Waals surface area contributed by atoms with E-state index in [2.05, 4.69) is 0 Å². The molecule has 0 saturated carbocycles. The molecule has 1 N–H and O–H groups in total. The van der Waals surface area contributed by atoms with Crippen LogP contribution in [0, 0.1) is 6.92 Å². The van der Waals surface area contributed by atoms with Crippen LogP contribution < -0.4 is 0 Å². The van der Waals surface area contributed by atoms with Crippen LogP contribution in [0.2, 0.25) is 0 Å². The smallest absolute Gasteiger partial charge is 0.305 e. The van der Waals surface area contributed by atoms with Gasteiger partial charge in [0.1, 0.15) is 5.76 Å². The highest BCUT2D eigenvalue weighted by atomic mass is 19.3. The molecule has 0 aliphatic heterocycles. The molecule has 0 radical (unpaired) electrons. The highest BCUT2D eigenvalue weighted by molar-refractivity contribution is 5.66. The predicted octanol–water partition coefficient (Wildman–Crippen LogP) is 2.54. The van der Waals surface area contributed by atoms with Crippen molar-refractivity contribution in [1.82, 2.24) is 0 Å². The largest absolute Gasteiger partial charge is 0.481 e. The van der Waals surface area contributed by atoms with Gasteiger partial charge in [-0.15, -0.1) is 0 Å². The molecule has 1 rings (SSSR count). The lowest BCUT2D eigenvalue weighted by Crippen LogP contribution is -2.14. The zero-order chi connectivity index (χ0) is 10.8. The third kappa shape index (κ3) is 2.55. The van der Waals surface area contributed by atoms with Crippen LogP contribution in [-0.4, -0.2) is 11.1 Å². The molecule has 0 aliphatic rings. The van der Waals surface area contributed by atoms with Gasteiger partial charge in [-0.05, 0) is 19.1 Å². The summed E-state index contributed by atoms with van der Waals surface area (Å²) in [4.78, 5) is 10.1. The topological polar surface area (TPSA) is 50.4 Å². The lowest BCUT2D eigenvalue weighted by Gasteiger charge is -2.11. The molecule has 0 fully saturated rings. The van der Waals surface area contributed by atoms with Crippen LogP contribution in [0.1, 0.15) is 24.4 Å². The minimum atomic E-state index is -3.20. The number of furan rings is 1. The normalized spacial score (nSPS) is 11.6. The standard InChI is InChI=1S/C9H10F2O3/c1-6-2-3-7(14-6)9(10,11)5-4-8(12)13/h2-3H,4-5H2,1H3,(H,12,13). The molecule has 0 amide bonds. The van der Waals surface area contributed by atoms with Crippen LogP contribution in [0.4, 0.5) is 8.78 Å². The molecule has 1 aromatic heterocycles. The van der Waals surface area contributed by atoms with E-state index in [0.29, 0.717) is 5.76 Å². The third-order valence-electron chi connectivity index (χ3n) is 1.75. The fourth-order valence-corrected chi connectivity index (χ4v) is 1.02. The SMILES string of the molecule is Cc1ccc(C(F)(F)CCC(=O)O)o1. The van der Waals surface area contributed by atoms with E-state index in [4.69, 9.17) is 9.52 Å². The molecule has 0 saturated heterocycles. The first-order valence-corrected chi connectivity index (χ1v) is 4.08. The van der Waals surface area contributed by atoms with Crippen LogP contribution in [0.25, 0.3) is 0 Å². The van der Waals surface area contributed by atoms with E-state index < -0.39 is 30.5 Å². The molecule has 0 unspecified atom stereocenters. The molecular weight excluding hydrogens is 194 g/mol. The van der Waals surface area contributed by atoms with Gasteiger partial charge in [0.25, 0.3) is 0 Å². The Labute approximate surface area is 79.3 Å². The van der Waals surface area contributed by atoms with E-state index >= 15 is 0 Å². The molecule has 78 valence electrons. The van der Waals surface area contributed by atoms with Gasteiger partial charge in [-0.25, -0.2) is 0 Å². The van der Waals surface area contributed by atoms with Gasteiger partial charge in [-0.2, -0.15) is 8.78 Å². The van der Waals surface area contributed by atoms with E-state index in [-0.39, 0.29) is 0 Å². The molecule has 1 heterocycles. The van der Waals surface area contributed by atoms with Gasteiger partial charge < -0.3 is 9.52 Å². The third-order valence-corrected chi connectivity index (χ3v) is 1.75. The van der Waals surface area contributed by atoms with Crippen molar-refractivity contribution >= 4 is 5.97 Å². The number of carboxylic acid groups (broad SMARTS) is 1. The summed E-state index contributed by atoms with van der Waals surface area (Å²) >= 11 is 0. The zero-order valence-corrected chi connectivity index (χ0v) is 7.59. The Hall–Kier alpha value is -1.39. The maximum Gasteiger partial charge on any atom is 0.305 e. The fourth-order valence-electron chi connectivity index (χ4n) is 1.02. The molecule has 0 spiro atoms. The van der Waals surface area contributed by atoms with Crippen molar-refractivity contribution < 1.29 is 23.1 Å². The molecule has 14 heavy (non-hydrogen) atoms. The average molecular weight is 204 g/mol. The lowest BCUT2D eigenvalue weighted by atomic mass is 10.1. The van der Waals surface area contributed by atoms with Crippen LogP contribution in [0.3, 0.4) is 0 Å². The Balaban J connectivity index is 2.69. The molecular formula is C9H10F2O3. The van der Waals surface area contributed by atoms with Gasteiger partial charge in [-0.1, -0.05) is 0 Å². The summed E-state index contributed by atoms with van der Waals surface area (Å²) in [6, 6.07) is 2.58. The van der Waals surface area contributed by atoms with Gasteiger partial charge in [0.15, 0.2) is 5.76 Å². The van der Waals surface area contributed by atoms with E-state index in [1.807, 2.05) is 0 Å². The molecule has 3 nitrogen and oxygen atoms in total. The second-order valence-corrected chi connectivity index (χ2v) is 3.01. The summed E-state index contributed by atoms with van der Waals surface area (Å²) in [5.74, 6) is -4.54. The van der Waals surface area contributed by atoms with Crippen molar-refractivity contribution in [2.24, 2.45) is 0 Å². The van der Waals surface area contributed by atoms with Crippen LogP contribution in [0.15, 0.2) is 16.5 Å². The van der Waals surface area contributed by atoms with Crippen molar-refractivity contribution in [3.63, 3.8) is 0 Å². The van der Waals surface area contributed by atoms with Crippen molar-refractivity contribution in [2.45, 2.75) is 25.7 Å². The maximum absolute atomic E-state index is 13.2. The molecule has 0 atom stereocenters. The Bertz CT molecular complexity index is 331. The number of alkyl halides is 2. The number of hydrogen-bond acceptors (Lipinski definition) is 2. The first kappa shape index (κ1) is 10.7. The number of carbonyl (C=O) groups is 1. The molecule has 1 aromatic rings. The number of rotatable bonds is 4. The van der Waals surface area contributed by atoms with Crippen LogP contribution in [0.5, 0.6) is 0 Å². The number of hydrogen-bond donors (Lipinski definition) is 1. The van der Waals surface area contributed by atoms with E-state index in [1.165, 1.54) is 6.07 Å². The minimum Gasteiger partial charge on any atom is -0.481 e. The van der Waals surface area contributed by atoms with Crippen molar-refractivity contribution in [2.75, 3.05) is 0 Å². The van der Waals surface area contributed by atoms with Crippen LogP contribution in [-0.2, 0) is 10.7 Å². The quantitative estimate of drug-likeness (QED) is 0.819. The maximum atomic E-state index is 13.2. The van der Waals surface area contributed by atoms with E-state index in [0.717, 1.165) is 6.07 Å². The van der Waals surface area contributed by atoms with E-state index in [9.17, 15) is 13.6 Å². The minimum absolute atomic E-state index is 0.384. The van der Waals surface area contributed by atoms with Gasteiger partial charge in [-0.3, -0.25) is 4.79 Å². The summed E-state index contributed by atoms with van der Waals surface area (Å²) in [7, 11) is 0. The summed E-state index contributed by atoms with van der Waals surface area (Å²) in [6.07, 6.45) is -1.32. The molecule has 0 aliphatic carbocycles. The van der Waals surface area contributed by atoms with E-state index in [1.54, 1.807) is 6.92 Å². The highest BCUT2D eigenvalue weighted by Crippen LogP contribution is 2.33. The second kappa shape index (κ2) is 3.77. The molecule has 0 bridgehead atoms. The highest BCUT2D eigenvalue weighted by Gasteiger charge is 2.35. The predicted molar refractivity (Wildman–Crippen MR) is 44.2 cm³/mol. The Morgan fingerprint density at radius 3 is 2.64 bits per heavy atom. The summed E-state index contributed by atoms with van der Waals surface area (Å²) < 4.78 is 31.1. The Kier molecular flexibility index (Phi) is 2.88. The second-order valence-electron chi connectivity index (χ2n) is 3.01. The van der Waals surface area contributed by atoms with Crippen molar-refractivity contribution in [3.8, 4) is 0 Å². The van der Waals surface area contributed by atoms with Gasteiger partial charge >= 0.3 is 11.9 Å². The first-order chi connectivity index (χ1) is 6.42. The van der Waals surface area contributed by atoms with Crippen molar-refractivity contribution in [1.29, 1.82) is 0 Å². The summed E-state index contributed by atoms with van der Waals surface area (Å²) in [6.45, 7) is 1.55. The number of aryl methyl sites for hydroxylation is 1. The molecule has 5 heteroatoms. The molecule has 0 aromatic carbocycles.